The van der Waals surface area contributed by atoms with Crippen LogP contribution in [0.15, 0.2) is 59.1 Å². The number of hydrogen-bond acceptors (Lipinski definition) is 3. The van der Waals surface area contributed by atoms with Crippen molar-refractivity contribution in [1.29, 1.82) is 0 Å². The number of halogens is 1. The molecule has 3 rings (SSSR count). The highest BCUT2D eigenvalue weighted by molar-refractivity contribution is 9.10. The summed E-state index contributed by atoms with van der Waals surface area (Å²) in [4.78, 5) is 16.6. The van der Waals surface area contributed by atoms with Gasteiger partial charge in [-0.15, -0.1) is 0 Å². The van der Waals surface area contributed by atoms with Crippen LogP contribution in [0.4, 0.5) is 11.4 Å². The second kappa shape index (κ2) is 5.54. The highest BCUT2D eigenvalue weighted by atomic mass is 79.9. The van der Waals surface area contributed by atoms with Gasteiger partial charge in [-0.2, -0.15) is 0 Å². The average Bonchev–Trinajstić information content (AvgIpc) is 2.49. The first-order valence-electron chi connectivity index (χ1n) is 6.36. The van der Waals surface area contributed by atoms with E-state index in [1.54, 1.807) is 24.3 Å². The molecule has 4 nitrogen and oxygen atoms in total. The molecule has 21 heavy (non-hydrogen) atoms. The van der Waals surface area contributed by atoms with E-state index in [4.69, 9.17) is 5.73 Å². The number of para-hydroxylation sites is 1. The number of carbonyl (C=O) groups is 1. The van der Waals surface area contributed by atoms with Gasteiger partial charge in [-0.25, -0.2) is 4.98 Å². The zero-order chi connectivity index (χ0) is 14.8. The molecule has 0 aliphatic carbocycles. The van der Waals surface area contributed by atoms with Gasteiger partial charge in [-0.3, -0.25) is 4.79 Å². The van der Waals surface area contributed by atoms with Crippen LogP contribution in [0, 0.1) is 0 Å². The molecule has 2 aromatic carbocycles. The predicted octanol–water partition coefficient (Wildman–Crippen LogP) is 3.83. The van der Waals surface area contributed by atoms with Crippen molar-refractivity contribution in [2.45, 2.75) is 0 Å². The summed E-state index contributed by atoms with van der Waals surface area (Å²) < 4.78 is 0.733. The van der Waals surface area contributed by atoms with Crippen LogP contribution in [0.1, 0.15) is 10.5 Å². The van der Waals surface area contributed by atoms with Gasteiger partial charge in [0.15, 0.2) is 0 Å². The van der Waals surface area contributed by atoms with E-state index in [2.05, 4.69) is 26.2 Å². The first kappa shape index (κ1) is 13.6. The first-order valence-corrected chi connectivity index (χ1v) is 7.15. The van der Waals surface area contributed by atoms with Gasteiger partial charge in [0.1, 0.15) is 5.69 Å². The van der Waals surface area contributed by atoms with Gasteiger partial charge in [0.05, 0.1) is 11.2 Å². The van der Waals surface area contributed by atoms with Crippen molar-refractivity contribution in [3.05, 3.63) is 64.8 Å². The topological polar surface area (TPSA) is 68.0 Å². The van der Waals surface area contributed by atoms with Crippen molar-refractivity contribution in [2.75, 3.05) is 11.1 Å². The zero-order valence-corrected chi connectivity index (χ0v) is 12.6. The number of nitrogens with two attached hydrogens (primary N) is 1. The van der Waals surface area contributed by atoms with Crippen LogP contribution in [-0.2, 0) is 0 Å². The Balaban J connectivity index is 1.89. The zero-order valence-electron chi connectivity index (χ0n) is 11.0. The number of pyridine rings is 1. The molecule has 1 heterocycles. The van der Waals surface area contributed by atoms with Gasteiger partial charge < -0.3 is 11.1 Å². The number of rotatable bonds is 2. The Bertz CT molecular complexity index is 833. The number of nitrogens with one attached hydrogen (secondary N) is 1. The summed E-state index contributed by atoms with van der Waals surface area (Å²) in [6.07, 6.45) is 0. The number of aromatic nitrogens is 1. The summed E-state index contributed by atoms with van der Waals surface area (Å²) in [6, 6.07) is 16.5. The Kier molecular flexibility index (Phi) is 3.58. The van der Waals surface area contributed by atoms with Crippen molar-refractivity contribution >= 4 is 44.1 Å². The molecule has 0 fully saturated rings. The fourth-order valence-electron chi connectivity index (χ4n) is 2.01. The number of fused-ring (bicyclic) bond motifs is 1. The standard InChI is InChI=1S/C16H12BrN3O/c17-12-9-11(18)6-8-14(12)20-16(21)15-7-5-10-3-1-2-4-13(10)19-15/h1-9H,18H2,(H,20,21). The van der Waals surface area contributed by atoms with E-state index in [1.165, 1.54) is 0 Å². The number of amides is 1. The molecule has 5 heteroatoms. The highest BCUT2D eigenvalue weighted by Crippen LogP contribution is 2.25. The Labute approximate surface area is 130 Å². The van der Waals surface area contributed by atoms with E-state index in [0.29, 0.717) is 17.1 Å². The lowest BCUT2D eigenvalue weighted by Gasteiger charge is -2.08. The number of nitrogen functional groups attached to an aromatic ring is 1. The molecule has 0 unspecified atom stereocenters. The van der Waals surface area contributed by atoms with Gasteiger partial charge >= 0.3 is 0 Å². The van der Waals surface area contributed by atoms with Gasteiger partial charge in [0.2, 0.25) is 0 Å². The van der Waals surface area contributed by atoms with E-state index in [-0.39, 0.29) is 5.91 Å². The fraction of sp³-hybridized carbons (Fsp3) is 0. The molecule has 0 atom stereocenters. The second-order valence-electron chi connectivity index (χ2n) is 4.58. The molecular weight excluding hydrogens is 330 g/mol. The lowest BCUT2D eigenvalue weighted by Crippen LogP contribution is -2.14. The molecule has 0 saturated heterocycles. The minimum Gasteiger partial charge on any atom is -0.399 e. The Morgan fingerprint density at radius 2 is 1.90 bits per heavy atom. The van der Waals surface area contributed by atoms with Crippen molar-refractivity contribution in [1.82, 2.24) is 4.98 Å². The molecule has 3 N–H and O–H groups in total. The fourth-order valence-corrected chi connectivity index (χ4v) is 2.51. The monoisotopic (exact) mass is 341 g/mol. The molecule has 1 aromatic heterocycles. The van der Waals surface area contributed by atoms with E-state index in [0.717, 1.165) is 15.4 Å². The van der Waals surface area contributed by atoms with Gasteiger partial charge in [-0.05, 0) is 46.3 Å². The smallest absolute Gasteiger partial charge is 0.274 e. The van der Waals surface area contributed by atoms with E-state index in [9.17, 15) is 4.79 Å². The van der Waals surface area contributed by atoms with Crippen LogP contribution in [0.5, 0.6) is 0 Å². The largest absolute Gasteiger partial charge is 0.399 e. The molecule has 0 saturated carbocycles. The minimum atomic E-state index is -0.258. The second-order valence-corrected chi connectivity index (χ2v) is 5.44. The van der Waals surface area contributed by atoms with Crippen molar-refractivity contribution in [3.8, 4) is 0 Å². The van der Waals surface area contributed by atoms with Crippen LogP contribution in [0.3, 0.4) is 0 Å². The van der Waals surface area contributed by atoms with Crippen molar-refractivity contribution in [2.24, 2.45) is 0 Å². The molecule has 0 aliphatic heterocycles. The Morgan fingerprint density at radius 3 is 2.71 bits per heavy atom. The van der Waals surface area contributed by atoms with Crippen LogP contribution in [-0.4, -0.2) is 10.9 Å². The molecule has 0 bridgehead atoms. The van der Waals surface area contributed by atoms with Crippen molar-refractivity contribution in [3.63, 3.8) is 0 Å². The quantitative estimate of drug-likeness (QED) is 0.696. The van der Waals surface area contributed by atoms with Crippen molar-refractivity contribution < 1.29 is 4.79 Å². The lowest BCUT2D eigenvalue weighted by molar-refractivity contribution is 0.102. The summed E-state index contributed by atoms with van der Waals surface area (Å²) in [5.41, 5.74) is 8.13. The van der Waals surface area contributed by atoms with Crippen LogP contribution in [0.2, 0.25) is 0 Å². The summed E-state index contributed by atoms with van der Waals surface area (Å²) in [7, 11) is 0. The molecule has 0 aliphatic rings. The van der Waals surface area contributed by atoms with Gasteiger partial charge in [0.25, 0.3) is 5.91 Å². The average molecular weight is 342 g/mol. The van der Waals surface area contributed by atoms with Crippen LogP contribution >= 0.6 is 15.9 Å². The van der Waals surface area contributed by atoms with E-state index < -0.39 is 0 Å². The molecule has 104 valence electrons. The summed E-state index contributed by atoms with van der Waals surface area (Å²) in [5, 5.41) is 3.82. The van der Waals surface area contributed by atoms with Crippen LogP contribution in [0.25, 0.3) is 10.9 Å². The first-order chi connectivity index (χ1) is 10.1. The minimum absolute atomic E-state index is 0.258. The number of nitrogens with zero attached hydrogens (tertiary/aromatic N) is 1. The maximum absolute atomic E-state index is 12.3. The normalized spacial score (nSPS) is 10.5. The predicted molar refractivity (Wildman–Crippen MR) is 88.3 cm³/mol. The van der Waals surface area contributed by atoms with E-state index >= 15 is 0 Å². The highest BCUT2D eigenvalue weighted by Gasteiger charge is 2.10. The van der Waals surface area contributed by atoms with E-state index in [1.807, 2.05) is 30.3 Å². The molecular formula is C16H12BrN3O. The number of benzene rings is 2. The third-order valence-corrected chi connectivity index (χ3v) is 3.73. The number of anilines is 2. The summed E-state index contributed by atoms with van der Waals surface area (Å²) in [5.74, 6) is -0.258. The SMILES string of the molecule is Nc1ccc(NC(=O)c2ccc3ccccc3n2)c(Br)c1. The lowest BCUT2D eigenvalue weighted by atomic mass is 10.2. The Hall–Kier alpha value is -2.40. The van der Waals surface area contributed by atoms with Gasteiger partial charge in [0, 0.05) is 15.5 Å². The van der Waals surface area contributed by atoms with Gasteiger partial charge in [-0.1, -0.05) is 24.3 Å². The maximum atomic E-state index is 12.3. The number of hydrogen-bond donors (Lipinski definition) is 2. The number of carbonyl (C=O) groups excluding carboxylic acids is 1. The summed E-state index contributed by atoms with van der Waals surface area (Å²) >= 11 is 3.37. The maximum Gasteiger partial charge on any atom is 0.274 e. The van der Waals surface area contributed by atoms with Crippen LogP contribution < -0.4 is 11.1 Å². The third kappa shape index (κ3) is 2.87. The molecule has 3 aromatic rings. The molecule has 0 radical (unpaired) electrons. The third-order valence-electron chi connectivity index (χ3n) is 3.07. The Morgan fingerprint density at radius 1 is 1.10 bits per heavy atom. The molecule has 1 amide bonds. The molecule has 0 spiro atoms. The summed E-state index contributed by atoms with van der Waals surface area (Å²) in [6.45, 7) is 0.